The van der Waals surface area contributed by atoms with Gasteiger partial charge in [-0.05, 0) is 30.5 Å². The summed E-state index contributed by atoms with van der Waals surface area (Å²) >= 11 is 0. The van der Waals surface area contributed by atoms with Crippen LogP contribution < -0.4 is 10.1 Å². The summed E-state index contributed by atoms with van der Waals surface area (Å²) in [6.07, 6.45) is 3.47. The number of amides is 1. The van der Waals surface area contributed by atoms with Gasteiger partial charge in [0, 0.05) is 18.0 Å². The molecule has 2 aromatic rings. The lowest BCUT2D eigenvalue weighted by Crippen LogP contribution is -2.41. The van der Waals surface area contributed by atoms with E-state index in [-0.39, 0.29) is 23.8 Å². The molecule has 0 bridgehead atoms. The number of halogens is 5. The van der Waals surface area contributed by atoms with Crippen LogP contribution in [0.4, 0.5) is 22.0 Å². The summed E-state index contributed by atoms with van der Waals surface area (Å²) in [5.41, 5.74) is 0.516. The standard InChI is InChI=1S/C20H18F5NO2/c21-13-5-3-12(4-6-13)20(7-1-2-8-20)11-26-16(27)10-28-19-17(24)14(22)9-15(23)18(19)25/h3-6,9H,1-2,7-8,10-11H2,(H,26,27). The Morgan fingerprint density at radius 2 is 1.54 bits per heavy atom. The number of benzene rings is 2. The molecule has 1 aliphatic carbocycles. The normalized spacial score (nSPS) is 15.5. The third-order valence-corrected chi connectivity index (χ3v) is 5.06. The predicted octanol–water partition coefficient (Wildman–Crippen LogP) is 4.39. The van der Waals surface area contributed by atoms with Gasteiger partial charge in [0.1, 0.15) is 5.82 Å². The van der Waals surface area contributed by atoms with Crippen LogP contribution in [0.5, 0.6) is 5.75 Å². The molecule has 1 amide bonds. The van der Waals surface area contributed by atoms with Crippen molar-refractivity contribution in [3.8, 4) is 5.75 Å². The minimum Gasteiger partial charge on any atom is -0.477 e. The van der Waals surface area contributed by atoms with Gasteiger partial charge >= 0.3 is 0 Å². The second-order valence-corrected chi connectivity index (χ2v) is 6.86. The number of hydrogen-bond acceptors (Lipinski definition) is 2. The van der Waals surface area contributed by atoms with Gasteiger partial charge in [0.05, 0.1) is 0 Å². The molecule has 150 valence electrons. The van der Waals surface area contributed by atoms with Crippen molar-refractivity contribution < 1.29 is 31.5 Å². The van der Waals surface area contributed by atoms with E-state index < -0.39 is 41.5 Å². The monoisotopic (exact) mass is 399 g/mol. The number of hydrogen-bond donors (Lipinski definition) is 1. The third-order valence-electron chi connectivity index (χ3n) is 5.06. The molecule has 1 aliphatic rings. The molecule has 0 aliphatic heterocycles. The number of nitrogens with one attached hydrogen (secondary N) is 1. The van der Waals surface area contributed by atoms with Crippen LogP contribution in [-0.4, -0.2) is 19.1 Å². The quantitative estimate of drug-likeness (QED) is 0.578. The van der Waals surface area contributed by atoms with E-state index in [1.807, 2.05) is 0 Å². The van der Waals surface area contributed by atoms with E-state index in [4.69, 9.17) is 0 Å². The Balaban J connectivity index is 1.64. The molecular weight excluding hydrogens is 381 g/mol. The van der Waals surface area contributed by atoms with Crippen LogP contribution in [0.25, 0.3) is 0 Å². The van der Waals surface area contributed by atoms with Gasteiger partial charge in [-0.25, -0.2) is 13.2 Å². The van der Waals surface area contributed by atoms with Crippen molar-refractivity contribution in [1.29, 1.82) is 0 Å². The highest BCUT2D eigenvalue weighted by Gasteiger charge is 2.36. The van der Waals surface area contributed by atoms with Crippen molar-refractivity contribution in [3.63, 3.8) is 0 Å². The van der Waals surface area contributed by atoms with Crippen molar-refractivity contribution in [1.82, 2.24) is 5.32 Å². The third kappa shape index (κ3) is 4.10. The molecule has 0 atom stereocenters. The Bertz CT molecular complexity index is 838. The van der Waals surface area contributed by atoms with Gasteiger partial charge in [-0.3, -0.25) is 4.79 Å². The van der Waals surface area contributed by atoms with Crippen molar-refractivity contribution >= 4 is 5.91 Å². The molecule has 0 heterocycles. The maximum atomic E-state index is 13.6. The maximum Gasteiger partial charge on any atom is 0.257 e. The van der Waals surface area contributed by atoms with Crippen molar-refractivity contribution in [2.24, 2.45) is 0 Å². The first-order chi connectivity index (χ1) is 13.3. The van der Waals surface area contributed by atoms with E-state index in [0.29, 0.717) is 0 Å². The summed E-state index contributed by atoms with van der Waals surface area (Å²) in [4.78, 5) is 12.1. The first-order valence-corrected chi connectivity index (χ1v) is 8.81. The smallest absolute Gasteiger partial charge is 0.257 e. The van der Waals surface area contributed by atoms with Crippen molar-refractivity contribution in [3.05, 3.63) is 65.0 Å². The zero-order valence-electron chi connectivity index (χ0n) is 14.8. The molecule has 1 saturated carbocycles. The van der Waals surface area contributed by atoms with Gasteiger partial charge in [-0.1, -0.05) is 25.0 Å². The molecule has 3 nitrogen and oxygen atoms in total. The molecule has 2 aromatic carbocycles. The number of rotatable bonds is 6. The van der Waals surface area contributed by atoms with Gasteiger partial charge in [-0.15, -0.1) is 0 Å². The first-order valence-electron chi connectivity index (χ1n) is 8.81. The predicted molar refractivity (Wildman–Crippen MR) is 91.3 cm³/mol. The van der Waals surface area contributed by atoms with Crippen LogP contribution >= 0.6 is 0 Å². The summed E-state index contributed by atoms with van der Waals surface area (Å²) < 4.78 is 71.4. The van der Waals surface area contributed by atoms with Crippen LogP contribution in [0.15, 0.2) is 30.3 Å². The number of ether oxygens (including phenoxy) is 1. The highest BCUT2D eigenvalue weighted by Crippen LogP contribution is 2.40. The molecule has 0 aromatic heterocycles. The van der Waals surface area contributed by atoms with Gasteiger partial charge in [0.25, 0.3) is 5.91 Å². The van der Waals surface area contributed by atoms with Gasteiger partial charge in [0.15, 0.2) is 24.0 Å². The summed E-state index contributed by atoms with van der Waals surface area (Å²) in [6, 6.07) is 6.10. The van der Waals surface area contributed by atoms with Crippen molar-refractivity contribution in [2.45, 2.75) is 31.1 Å². The SMILES string of the molecule is O=C(COc1c(F)c(F)cc(F)c1F)NCC1(c2ccc(F)cc2)CCCC1. The van der Waals surface area contributed by atoms with Crippen molar-refractivity contribution in [2.75, 3.05) is 13.2 Å². The fraction of sp³-hybridized carbons (Fsp3) is 0.350. The van der Waals surface area contributed by atoms with E-state index in [2.05, 4.69) is 10.1 Å². The van der Waals surface area contributed by atoms with Crippen LogP contribution in [0.2, 0.25) is 0 Å². The molecular formula is C20H18F5NO2. The maximum absolute atomic E-state index is 13.6. The van der Waals surface area contributed by atoms with E-state index in [9.17, 15) is 26.7 Å². The second kappa shape index (κ2) is 8.16. The Morgan fingerprint density at radius 1 is 0.964 bits per heavy atom. The fourth-order valence-corrected chi connectivity index (χ4v) is 3.56. The Hall–Kier alpha value is -2.64. The molecule has 8 heteroatoms. The lowest BCUT2D eigenvalue weighted by molar-refractivity contribution is -0.123. The average Bonchev–Trinajstić information content (AvgIpc) is 3.15. The van der Waals surface area contributed by atoms with Gasteiger partial charge < -0.3 is 10.1 Å². The first kappa shape index (κ1) is 20.1. The molecule has 1 N–H and O–H groups in total. The van der Waals surface area contributed by atoms with E-state index in [1.54, 1.807) is 12.1 Å². The Morgan fingerprint density at radius 3 is 2.11 bits per heavy atom. The van der Waals surface area contributed by atoms with Gasteiger partial charge in [-0.2, -0.15) is 8.78 Å². The summed E-state index contributed by atoms with van der Waals surface area (Å²) in [7, 11) is 0. The number of carbonyl (C=O) groups excluding carboxylic acids is 1. The molecule has 0 radical (unpaired) electrons. The van der Waals surface area contributed by atoms with Crippen LogP contribution in [0, 0.1) is 29.1 Å². The topological polar surface area (TPSA) is 38.3 Å². The summed E-state index contributed by atoms with van der Waals surface area (Å²) in [6.45, 7) is -0.584. The summed E-state index contributed by atoms with van der Waals surface area (Å²) in [5.74, 6) is -8.97. The minimum absolute atomic E-state index is 0.0597. The van der Waals surface area contributed by atoms with Crippen LogP contribution in [0.3, 0.4) is 0 Å². The zero-order valence-corrected chi connectivity index (χ0v) is 14.8. The van der Waals surface area contributed by atoms with Crippen LogP contribution in [0.1, 0.15) is 31.2 Å². The number of carbonyl (C=O) groups is 1. The fourth-order valence-electron chi connectivity index (χ4n) is 3.56. The molecule has 28 heavy (non-hydrogen) atoms. The second-order valence-electron chi connectivity index (χ2n) is 6.86. The minimum atomic E-state index is -1.70. The highest BCUT2D eigenvalue weighted by molar-refractivity contribution is 5.77. The highest BCUT2D eigenvalue weighted by atomic mass is 19.2. The van der Waals surface area contributed by atoms with E-state index in [1.165, 1.54) is 12.1 Å². The molecule has 3 rings (SSSR count). The van der Waals surface area contributed by atoms with Crippen LogP contribution in [-0.2, 0) is 10.2 Å². The molecule has 1 fully saturated rings. The van der Waals surface area contributed by atoms with E-state index in [0.717, 1.165) is 31.2 Å². The molecule has 0 spiro atoms. The lowest BCUT2D eigenvalue weighted by Gasteiger charge is -2.30. The molecule has 0 unspecified atom stereocenters. The van der Waals surface area contributed by atoms with E-state index >= 15 is 0 Å². The zero-order chi connectivity index (χ0) is 20.3. The summed E-state index contributed by atoms with van der Waals surface area (Å²) in [5, 5.41) is 2.63. The van der Waals surface area contributed by atoms with Gasteiger partial charge in [0.2, 0.25) is 11.6 Å². The molecule has 0 saturated heterocycles. The lowest BCUT2D eigenvalue weighted by atomic mass is 9.79. The largest absolute Gasteiger partial charge is 0.477 e. The Labute approximate surface area is 158 Å². The Kier molecular flexibility index (Phi) is 5.86. The average molecular weight is 399 g/mol.